The monoisotopic (exact) mass is 202 g/mol. The molecule has 0 heterocycles. The Kier molecular flexibility index (Phi) is 4.39. The average Bonchev–Trinajstić information content (AvgIpc) is 2.13. The van der Waals surface area contributed by atoms with E-state index in [0.717, 1.165) is 6.08 Å². The molecule has 0 aliphatic carbocycles. The number of hydrogen-bond acceptors (Lipinski definition) is 5. The van der Waals surface area contributed by atoms with E-state index in [2.05, 4.69) is 0 Å². The lowest BCUT2D eigenvalue weighted by Crippen LogP contribution is -2.40. The lowest BCUT2D eigenvalue weighted by atomic mass is 10.0. The van der Waals surface area contributed by atoms with Gasteiger partial charge in [-0.1, -0.05) is 6.92 Å². The van der Waals surface area contributed by atoms with Gasteiger partial charge in [0.25, 0.3) is 0 Å². The molecule has 80 valence electrons. The molecule has 6 heteroatoms. The molecule has 0 aliphatic heterocycles. The Labute approximate surface area is 81.6 Å². The van der Waals surface area contributed by atoms with Crippen molar-refractivity contribution in [3.63, 3.8) is 0 Å². The highest BCUT2D eigenvalue weighted by Gasteiger charge is 2.23. The Bertz CT molecular complexity index is 260. The minimum absolute atomic E-state index is 0.134. The lowest BCUT2D eigenvalue weighted by molar-refractivity contribution is -0.508. The van der Waals surface area contributed by atoms with Gasteiger partial charge in [-0.05, 0) is 12.5 Å². The highest BCUT2D eigenvalue weighted by molar-refractivity contribution is 5.64. The van der Waals surface area contributed by atoms with Crippen LogP contribution in [0.5, 0.6) is 0 Å². The summed E-state index contributed by atoms with van der Waals surface area (Å²) in [4.78, 5) is 20.2. The molecule has 0 rings (SSSR count). The topological polar surface area (TPSA) is 106 Å². The van der Waals surface area contributed by atoms with Gasteiger partial charge in [0.15, 0.2) is 12.0 Å². The van der Waals surface area contributed by atoms with E-state index in [9.17, 15) is 14.9 Å². The van der Waals surface area contributed by atoms with E-state index in [-0.39, 0.29) is 6.29 Å². The summed E-state index contributed by atoms with van der Waals surface area (Å²) >= 11 is 0. The van der Waals surface area contributed by atoms with E-state index in [0.29, 0.717) is 12.0 Å². The fourth-order valence-corrected chi connectivity index (χ4v) is 0.984. The molecule has 14 heavy (non-hydrogen) atoms. The van der Waals surface area contributed by atoms with E-state index in [1.807, 2.05) is 0 Å². The third-order valence-electron chi connectivity index (χ3n) is 1.87. The van der Waals surface area contributed by atoms with Crippen molar-refractivity contribution in [2.45, 2.75) is 32.0 Å². The van der Waals surface area contributed by atoms with Crippen molar-refractivity contribution in [3.8, 4) is 0 Å². The van der Waals surface area contributed by atoms with Crippen molar-refractivity contribution in [1.82, 2.24) is 0 Å². The van der Waals surface area contributed by atoms with Gasteiger partial charge < -0.3 is 5.11 Å². The van der Waals surface area contributed by atoms with Crippen molar-refractivity contribution in [3.05, 3.63) is 21.8 Å². The average molecular weight is 202 g/mol. The Morgan fingerprint density at radius 3 is 2.57 bits per heavy atom. The van der Waals surface area contributed by atoms with Gasteiger partial charge in [-0.25, -0.2) is 0 Å². The van der Waals surface area contributed by atoms with Gasteiger partial charge in [0.2, 0.25) is 6.04 Å². The number of nitrogens with two attached hydrogens (primary N) is 1. The van der Waals surface area contributed by atoms with Crippen LogP contribution < -0.4 is 5.73 Å². The second-order valence-electron chi connectivity index (χ2n) is 3.04. The molecular formula is C8H14N2O4. The van der Waals surface area contributed by atoms with Crippen LogP contribution in [0.25, 0.3) is 0 Å². The summed E-state index contributed by atoms with van der Waals surface area (Å²) in [5.74, 6) is 0. The summed E-state index contributed by atoms with van der Waals surface area (Å²) in [5.41, 5.74) is 3.33. The molecule has 2 atom stereocenters. The van der Waals surface area contributed by atoms with Gasteiger partial charge in [-0.3, -0.25) is 20.6 Å². The summed E-state index contributed by atoms with van der Waals surface area (Å²) in [6.07, 6.45) is 1.51. The largest absolute Gasteiger partial charge is 0.366 e. The number of hydrogen-bond donors (Lipinski definition) is 2. The summed E-state index contributed by atoms with van der Waals surface area (Å²) in [6.45, 7) is 3.06. The second kappa shape index (κ2) is 4.83. The van der Waals surface area contributed by atoms with Crippen molar-refractivity contribution in [1.29, 1.82) is 0 Å². The number of carbonyl (C=O) groups excluding carboxylic acids is 1. The molecule has 3 N–H and O–H groups in total. The zero-order chi connectivity index (χ0) is 11.4. The van der Waals surface area contributed by atoms with Crippen LogP contribution in [-0.2, 0) is 4.79 Å². The molecule has 0 aromatic carbocycles. The van der Waals surface area contributed by atoms with E-state index >= 15 is 0 Å². The van der Waals surface area contributed by atoms with Crippen molar-refractivity contribution in [2.75, 3.05) is 0 Å². The van der Waals surface area contributed by atoms with Gasteiger partial charge in [0.1, 0.15) is 0 Å². The first-order valence-corrected chi connectivity index (χ1v) is 4.16. The molecule has 0 amide bonds. The van der Waals surface area contributed by atoms with Gasteiger partial charge in [0.05, 0.1) is 0 Å². The Hall–Kier alpha value is -1.27. The summed E-state index contributed by atoms with van der Waals surface area (Å²) in [7, 11) is 0. The van der Waals surface area contributed by atoms with Crippen LogP contribution in [0.3, 0.4) is 0 Å². The standard InChI is InChI=1S/C8H14N2O4/c1-3-7(6(2)10(13)14)4-8(9,12)5-11/h4-6,12H,3,9H2,1-2H3. The molecule has 0 spiro atoms. The number of nitro groups is 1. The molecule has 0 aliphatic rings. The van der Waals surface area contributed by atoms with E-state index in [4.69, 9.17) is 10.8 Å². The van der Waals surface area contributed by atoms with Gasteiger partial charge in [-0.2, -0.15) is 0 Å². The summed E-state index contributed by atoms with van der Waals surface area (Å²) in [5, 5.41) is 19.6. The van der Waals surface area contributed by atoms with E-state index < -0.39 is 16.7 Å². The molecule has 0 saturated heterocycles. The predicted octanol–water partition coefficient (Wildman–Crippen LogP) is -0.166. The van der Waals surface area contributed by atoms with Crippen LogP contribution in [0.2, 0.25) is 0 Å². The zero-order valence-electron chi connectivity index (χ0n) is 8.14. The maximum Gasteiger partial charge on any atom is 0.231 e. The van der Waals surface area contributed by atoms with Gasteiger partial charge >= 0.3 is 0 Å². The number of aliphatic hydroxyl groups is 1. The molecule has 0 bridgehead atoms. The Morgan fingerprint density at radius 2 is 2.29 bits per heavy atom. The first kappa shape index (κ1) is 12.7. The first-order chi connectivity index (χ1) is 6.34. The van der Waals surface area contributed by atoms with E-state index in [1.54, 1.807) is 6.92 Å². The third-order valence-corrected chi connectivity index (χ3v) is 1.87. The highest BCUT2D eigenvalue weighted by Crippen LogP contribution is 2.12. The van der Waals surface area contributed by atoms with Crippen LogP contribution in [0.4, 0.5) is 0 Å². The Morgan fingerprint density at radius 1 is 1.79 bits per heavy atom. The maximum atomic E-state index is 10.4. The Balaban J connectivity index is 4.88. The fraction of sp³-hybridized carbons (Fsp3) is 0.625. The fourth-order valence-electron chi connectivity index (χ4n) is 0.984. The smallest absolute Gasteiger partial charge is 0.231 e. The molecule has 0 saturated carbocycles. The van der Waals surface area contributed by atoms with Crippen molar-refractivity contribution < 1.29 is 14.8 Å². The number of nitrogens with zero attached hydrogens (tertiary/aromatic N) is 1. The summed E-state index contributed by atoms with van der Waals surface area (Å²) in [6, 6.07) is -0.949. The van der Waals surface area contributed by atoms with E-state index in [1.165, 1.54) is 6.92 Å². The molecule has 0 fully saturated rings. The molecule has 2 unspecified atom stereocenters. The van der Waals surface area contributed by atoms with Crippen LogP contribution in [0.15, 0.2) is 11.6 Å². The normalized spacial score (nSPS) is 18.4. The number of rotatable bonds is 5. The van der Waals surface area contributed by atoms with Crippen LogP contribution in [0, 0.1) is 10.1 Å². The van der Waals surface area contributed by atoms with Crippen LogP contribution in [0.1, 0.15) is 20.3 Å². The molecule has 6 nitrogen and oxygen atoms in total. The minimum atomic E-state index is -2.12. The predicted molar refractivity (Wildman–Crippen MR) is 50.0 cm³/mol. The van der Waals surface area contributed by atoms with Crippen molar-refractivity contribution in [2.24, 2.45) is 5.73 Å². The van der Waals surface area contributed by atoms with Crippen LogP contribution >= 0.6 is 0 Å². The first-order valence-electron chi connectivity index (χ1n) is 4.16. The maximum absolute atomic E-state index is 10.4. The quantitative estimate of drug-likeness (QED) is 0.212. The second-order valence-corrected chi connectivity index (χ2v) is 3.04. The van der Waals surface area contributed by atoms with Gasteiger partial charge in [0, 0.05) is 17.4 Å². The molecular weight excluding hydrogens is 188 g/mol. The third kappa shape index (κ3) is 3.63. The number of aldehydes is 1. The minimum Gasteiger partial charge on any atom is -0.366 e. The number of carbonyl (C=O) groups is 1. The highest BCUT2D eigenvalue weighted by atomic mass is 16.6. The zero-order valence-corrected chi connectivity index (χ0v) is 8.14. The lowest BCUT2D eigenvalue weighted by Gasteiger charge is -2.14. The summed E-state index contributed by atoms with van der Waals surface area (Å²) < 4.78 is 0. The molecule has 0 aromatic rings. The van der Waals surface area contributed by atoms with Crippen LogP contribution in [-0.4, -0.2) is 28.1 Å². The van der Waals surface area contributed by atoms with Gasteiger partial charge in [-0.15, -0.1) is 0 Å². The molecule has 0 aromatic heterocycles. The SMILES string of the molecule is CCC(=CC(N)(O)C=O)C(C)[N+](=O)[O-]. The molecule has 0 radical (unpaired) electrons. The van der Waals surface area contributed by atoms with Crippen molar-refractivity contribution >= 4 is 6.29 Å².